The SMILES string of the molecule is Clc1cc([C@H]2CNCCN2)ccn1. The summed E-state index contributed by atoms with van der Waals surface area (Å²) in [6, 6.07) is 4.28. The number of hydrogen-bond donors (Lipinski definition) is 2. The van der Waals surface area contributed by atoms with Gasteiger partial charge in [0.25, 0.3) is 0 Å². The zero-order valence-electron chi connectivity index (χ0n) is 7.26. The lowest BCUT2D eigenvalue weighted by Gasteiger charge is -2.24. The van der Waals surface area contributed by atoms with Gasteiger partial charge in [-0.15, -0.1) is 0 Å². The number of aromatic nitrogens is 1. The number of halogens is 1. The van der Waals surface area contributed by atoms with Crippen molar-refractivity contribution in [3.63, 3.8) is 0 Å². The number of piperazine rings is 1. The molecule has 70 valence electrons. The second-order valence-corrected chi connectivity index (χ2v) is 3.51. The molecule has 1 fully saturated rings. The molecule has 2 N–H and O–H groups in total. The molecule has 3 nitrogen and oxygen atoms in total. The Bertz CT molecular complexity index is 284. The second kappa shape index (κ2) is 4.05. The van der Waals surface area contributed by atoms with Gasteiger partial charge in [0, 0.05) is 31.9 Å². The van der Waals surface area contributed by atoms with E-state index in [0.29, 0.717) is 11.2 Å². The van der Waals surface area contributed by atoms with Gasteiger partial charge in [-0.05, 0) is 17.7 Å². The molecule has 1 aliphatic heterocycles. The smallest absolute Gasteiger partial charge is 0.129 e. The van der Waals surface area contributed by atoms with E-state index in [1.54, 1.807) is 6.20 Å². The van der Waals surface area contributed by atoms with Crippen LogP contribution in [0.25, 0.3) is 0 Å². The molecular weight excluding hydrogens is 186 g/mol. The van der Waals surface area contributed by atoms with Crippen molar-refractivity contribution in [1.29, 1.82) is 0 Å². The molecule has 0 amide bonds. The van der Waals surface area contributed by atoms with Gasteiger partial charge in [-0.1, -0.05) is 11.6 Å². The summed E-state index contributed by atoms with van der Waals surface area (Å²) in [7, 11) is 0. The molecule has 1 aromatic heterocycles. The van der Waals surface area contributed by atoms with Crippen molar-refractivity contribution in [2.45, 2.75) is 6.04 Å². The molecule has 0 spiro atoms. The molecule has 2 heterocycles. The molecule has 4 heteroatoms. The van der Waals surface area contributed by atoms with Gasteiger partial charge in [0.1, 0.15) is 5.15 Å². The van der Waals surface area contributed by atoms with Crippen LogP contribution in [0, 0.1) is 0 Å². The fourth-order valence-corrected chi connectivity index (χ4v) is 1.71. The van der Waals surface area contributed by atoms with Crippen molar-refractivity contribution in [1.82, 2.24) is 15.6 Å². The highest BCUT2D eigenvalue weighted by atomic mass is 35.5. The normalized spacial score (nSPS) is 23.0. The minimum atomic E-state index is 0.370. The van der Waals surface area contributed by atoms with Crippen LogP contribution in [0.5, 0.6) is 0 Å². The van der Waals surface area contributed by atoms with Crippen molar-refractivity contribution < 1.29 is 0 Å². The molecule has 0 aromatic carbocycles. The van der Waals surface area contributed by atoms with E-state index in [0.717, 1.165) is 19.6 Å². The van der Waals surface area contributed by atoms with Gasteiger partial charge < -0.3 is 10.6 Å². The van der Waals surface area contributed by atoms with Gasteiger partial charge in [-0.25, -0.2) is 4.98 Å². The average Bonchev–Trinajstić information content (AvgIpc) is 2.19. The molecule has 0 bridgehead atoms. The summed E-state index contributed by atoms with van der Waals surface area (Å²) < 4.78 is 0. The standard InChI is InChI=1S/C9H12ClN3/c10-9-5-7(1-2-13-9)8-6-11-3-4-12-8/h1-2,5,8,11-12H,3-4,6H2/t8-/m1/s1. The zero-order chi connectivity index (χ0) is 9.10. The van der Waals surface area contributed by atoms with Crippen LogP contribution in [0.1, 0.15) is 11.6 Å². The Morgan fingerprint density at radius 3 is 3.08 bits per heavy atom. The Labute approximate surface area is 82.5 Å². The first-order valence-electron chi connectivity index (χ1n) is 4.42. The molecule has 1 saturated heterocycles. The molecule has 1 aliphatic rings. The van der Waals surface area contributed by atoms with Crippen LogP contribution in [0.3, 0.4) is 0 Å². The Balaban J connectivity index is 2.14. The Morgan fingerprint density at radius 1 is 1.46 bits per heavy atom. The van der Waals surface area contributed by atoms with Crippen LogP contribution in [0.4, 0.5) is 0 Å². The lowest BCUT2D eigenvalue weighted by Crippen LogP contribution is -2.42. The van der Waals surface area contributed by atoms with Gasteiger partial charge in [-0.3, -0.25) is 0 Å². The summed E-state index contributed by atoms with van der Waals surface area (Å²) in [6.07, 6.45) is 1.74. The van der Waals surface area contributed by atoms with Gasteiger partial charge >= 0.3 is 0 Å². The van der Waals surface area contributed by atoms with E-state index in [-0.39, 0.29) is 0 Å². The third-order valence-electron chi connectivity index (χ3n) is 2.19. The van der Waals surface area contributed by atoms with E-state index in [1.165, 1.54) is 5.56 Å². The molecule has 0 unspecified atom stereocenters. The monoisotopic (exact) mass is 197 g/mol. The Kier molecular flexibility index (Phi) is 2.78. The Morgan fingerprint density at radius 2 is 2.38 bits per heavy atom. The average molecular weight is 198 g/mol. The van der Waals surface area contributed by atoms with Crippen molar-refractivity contribution in [2.24, 2.45) is 0 Å². The fraction of sp³-hybridized carbons (Fsp3) is 0.444. The molecule has 0 saturated carbocycles. The van der Waals surface area contributed by atoms with E-state index < -0.39 is 0 Å². The number of rotatable bonds is 1. The maximum atomic E-state index is 5.80. The number of nitrogens with one attached hydrogen (secondary N) is 2. The summed E-state index contributed by atoms with van der Waals surface area (Å²) in [4.78, 5) is 3.95. The third kappa shape index (κ3) is 2.18. The van der Waals surface area contributed by atoms with Crippen molar-refractivity contribution in [3.8, 4) is 0 Å². The van der Waals surface area contributed by atoms with Crippen molar-refractivity contribution >= 4 is 11.6 Å². The minimum absolute atomic E-state index is 0.370. The van der Waals surface area contributed by atoms with E-state index in [9.17, 15) is 0 Å². The largest absolute Gasteiger partial charge is 0.314 e. The second-order valence-electron chi connectivity index (χ2n) is 3.12. The van der Waals surface area contributed by atoms with Crippen LogP contribution in [-0.4, -0.2) is 24.6 Å². The van der Waals surface area contributed by atoms with Crippen LogP contribution in [-0.2, 0) is 0 Å². The molecule has 0 radical (unpaired) electrons. The third-order valence-corrected chi connectivity index (χ3v) is 2.40. The van der Waals surface area contributed by atoms with Crippen LogP contribution < -0.4 is 10.6 Å². The van der Waals surface area contributed by atoms with E-state index in [2.05, 4.69) is 15.6 Å². The topological polar surface area (TPSA) is 37.0 Å². The summed E-state index contributed by atoms with van der Waals surface area (Å²) in [5, 5.41) is 7.30. The highest BCUT2D eigenvalue weighted by molar-refractivity contribution is 6.29. The predicted octanol–water partition coefficient (Wildman–Crippen LogP) is 0.969. The molecular formula is C9H12ClN3. The number of nitrogens with zero attached hydrogens (tertiary/aromatic N) is 1. The quantitative estimate of drug-likeness (QED) is 0.659. The molecule has 1 atom stereocenters. The van der Waals surface area contributed by atoms with Crippen LogP contribution in [0.2, 0.25) is 5.15 Å². The molecule has 13 heavy (non-hydrogen) atoms. The predicted molar refractivity (Wildman–Crippen MR) is 52.9 cm³/mol. The molecule has 0 aliphatic carbocycles. The zero-order valence-corrected chi connectivity index (χ0v) is 8.01. The highest BCUT2D eigenvalue weighted by Crippen LogP contribution is 2.15. The van der Waals surface area contributed by atoms with E-state index >= 15 is 0 Å². The lowest BCUT2D eigenvalue weighted by molar-refractivity contribution is 0.430. The van der Waals surface area contributed by atoms with Gasteiger partial charge in [0.2, 0.25) is 0 Å². The van der Waals surface area contributed by atoms with Crippen molar-refractivity contribution in [2.75, 3.05) is 19.6 Å². The molecule has 1 aromatic rings. The highest BCUT2D eigenvalue weighted by Gasteiger charge is 2.13. The maximum absolute atomic E-state index is 5.80. The van der Waals surface area contributed by atoms with Crippen molar-refractivity contribution in [3.05, 3.63) is 29.0 Å². The Hall–Kier alpha value is -0.640. The van der Waals surface area contributed by atoms with E-state index in [4.69, 9.17) is 11.6 Å². The first-order valence-corrected chi connectivity index (χ1v) is 4.79. The maximum Gasteiger partial charge on any atom is 0.129 e. The van der Waals surface area contributed by atoms with E-state index in [1.807, 2.05) is 12.1 Å². The summed E-state index contributed by atoms with van der Waals surface area (Å²) in [5.74, 6) is 0. The van der Waals surface area contributed by atoms with Gasteiger partial charge in [0.05, 0.1) is 0 Å². The number of pyridine rings is 1. The summed E-state index contributed by atoms with van der Waals surface area (Å²) in [6.45, 7) is 3.00. The lowest BCUT2D eigenvalue weighted by atomic mass is 10.1. The van der Waals surface area contributed by atoms with Crippen LogP contribution >= 0.6 is 11.6 Å². The first-order chi connectivity index (χ1) is 6.36. The summed E-state index contributed by atoms with van der Waals surface area (Å²) >= 11 is 5.80. The minimum Gasteiger partial charge on any atom is -0.314 e. The van der Waals surface area contributed by atoms with Crippen LogP contribution in [0.15, 0.2) is 18.3 Å². The number of hydrogen-bond acceptors (Lipinski definition) is 3. The first kappa shape index (κ1) is 8.94. The van der Waals surface area contributed by atoms with Gasteiger partial charge in [-0.2, -0.15) is 0 Å². The summed E-state index contributed by atoms with van der Waals surface area (Å²) in [5.41, 5.74) is 1.20. The molecule has 2 rings (SSSR count). The fourth-order valence-electron chi connectivity index (χ4n) is 1.52. The van der Waals surface area contributed by atoms with Gasteiger partial charge in [0.15, 0.2) is 0 Å².